The molecule has 0 aliphatic carbocycles. The molecule has 3 aromatic carbocycles. The van der Waals surface area contributed by atoms with Gasteiger partial charge in [-0.15, -0.1) is 0 Å². The van der Waals surface area contributed by atoms with Gasteiger partial charge in [-0.3, -0.25) is 0 Å². The van der Waals surface area contributed by atoms with Crippen LogP contribution in [0.15, 0.2) is 66.7 Å². The molecule has 1 unspecified atom stereocenters. The highest BCUT2D eigenvalue weighted by molar-refractivity contribution is 6.31. The van der Waals surface area contributed by atoms with Crippen molar-refractivity contribution in [3.8, 4) is 5.75 Å². The summed E-state index contributed by atoms with van der Waals surface area (Å²) < 4.78 is 20.3. The summed E-state index contributed by atoms with van der Waals surface area (Å²) in [6, 6.07) is 20.6. The molecule has 2 nitrogen and oxygen atoms in total. The number of hydrogen-bond acceptors (Lipinski definition) is 2. The summed E-state index contributed by atoms with van der Waals surface area (Å²) in [6.45, 7) is 1.30. The summed E-state index contributed by atoms with van der Waals surface area (Å²) in [4.78, 5) is 0. The van der Waals surface area contributed by atoms with Gasteiger partial charge in [0.2, 0.25) is 0 Å². The van der Waals surface area contributed by atoms with Gasteiger partial charge in [0.05, 0.1) is 6.04 Å². The Balaban J connectivity index is 1.60. The van der Waals surface area contributed by atoms with Gasteiger partial charge < -0.3 is 10.1 Å². The molecule has 0 fully saturated rings. The van der Waals surface area contributed by atoms with Gasteiger partial charge in [0.1, 0.15) is 18.2 Å². The van der Waals surface area contributed by atoms with E-state index in [9.17, 15) is 4.39 Å². The highest BCUT2D eigenvalue weighted by atomic mass is 35.5. The lowest BCUT2D eigenvalue weighted by atomic mass is 9.89. The second kappa shape index (κ2) is 7.48. The van der Waals surface area contributed by atoms with Crippen LogP contribution in [0.3, 0.4) is 0 Å². The third-order valence-electron chi connectivity index (χ3n) is 4.70. The Bertz CT molecular complexity index is 893. The first-order valence-corrected chi connectivity index (χ1v) is 9.07. The second-order valence-electron chi connectivity index (χ2n) is 6.41. The molecule has 0 radical (unpaired) electrons. The Morgan fingerprint density at radius 1 is 1.04 bits per heavy atom. The van der Waals surface area contributed by atoms with E-state index < -0.39 is 0 Å². The molecule has 132 valence electrons. The molecule has 0 aromatic heterocycles. The van der Waals surface area contributed by atoms with Crippen LogP contribution in [0, 0.1) is 5.82 Å². The van der Waals surface area contributed by atoms with Crippen molar-refractivity contribution < 1.29 is 9.13 Å². The zero-order valence-corrected chi connectivity index (χ0v) is 15.0. The predicted octanol–water partition coefficient (Wildman–Crippen LogP) is 5.29. The molecule has 1 aliphatic rings. The summed E-state index contributed by atoms with van der Waals surface area (Å²) >= 11 is 6.27. The molecular formula is C22H19ClFNO. The van der Waals surface area contributed by atoms with E-state index in [1.807, 2.05) is 42.5 Å². The van der Waals surface area contributed by atoms with Crippen LogP contribution >= 0.6 is 11.6 Å². The van der Waals surface area contributed by atoms with E-state index in [4.69, 9.17) is 16.3 Å². The summed E-state index contributed by atoms with van der Waals surface area (Å²) in [7, 11) is 0. The maximum absolute atomic E-state index is 14.4. The highest BCUT2D eigenvalue weighted by Crippen LogP contribution is 2.35. The van der Waals surface area contributed by atoms with Gasteiger partial charge in [-0.1, -0.05) is 54.1 Å². The minimum atomic E-state index is -0.285. The SMILES string of the molecule is Fc1cccc(Cl)c1C1NCCc2cc(OCc3ccccc3)ccc21. The fraction of sp³-hybridized carbons (Fsp3) is 0.182. The normalized spacial score (nSPS) is 16.2. The van der Waals surface area contributed by atoms with Gasteiger partial charge in [0.25, 0.3) is 0 Å². The Morgan fingerprint density at radius 3 is 2.69 bits per heavy atom. The third kappa shape index (κ3) is 3.46. The Hall–Kier alpha value is -2.36. The third-order valence-corrected chi connectivity index (χ3v) is 5.03. The number of rotatable bonds is 4. The van der Waals surface area contributed by atoms with Crippen LogP contribution in [-0.4, -0.2) is 6.54 Å². The largest absolute Gasteiger partial charge is 0.489 e. The summed E-state index contributed by atoms with van der Waals surface area (Å²) in [5.41, 5.74) is 3.85. The van der Waals surface area contributed by atoms with Crippen LogP contribution in [0.25, 0.3) is 0 Å². The molecule has 3 aromatic rings. The van der Waals surface area contributed by atoms with Gasteiger partial charge in [-0.25, -0.2) is 4.39 Å². The molecule has 1 heterocycles. The standard InChI is InChI=1S/C22H19ClFNO/c23-19-7-4-8-20(24)21(19)22-18-10-9-17(13-16(18)11-12-25-22)26-14-15-5-2-1-3-6-15/h1-10,13,22,25H,11-12,14H2. The van der Waals surface area contributed by atoms with Crippen molar-refractivity contribution in [2.75, 3.05) is 6.54 Å². The fourth-order valence-corrected chi connectivity index (χ4v) is 3.69. The molecule has 26 heavy (non-hydrogen) atoms. The minimum absolute atomic E-state index is 0.240. The van der Waals surface area contributed by atoms with Gasteiger partial charge in [-0.05, 0) is 47.4 Å². The number of hydrogen-bond donors (Lipinski definition) is 1. The maximum Gasteiger partial charge on any atom is 0.129 e. The van der Waals surface area contributed by atoms with Crippen LogP contribution < -0.4 is 10.1 Å². The predicted molar refractivity (Wildman–Crippen MR) is 102 cm³/mol. The molecule has 4 rings (SSSR count). The van der Waals surface area contributed by atoms with Crippen molar-refractivity contribution in [2.24, 2.45) is 0 Å². The van der Waals surface area contributed by atoms with Crippen molar-refractivity contribution in [1.29, 1.82) is 0 Å². The maximum atomic E-state index is 14.4. The summed E-state index contributed by atoms with van der Waals surface area (Å²) in [5, 5.41) is 3.83. The quantitative estimate of drug-likeness (QED) is 0.676. The second-order valence-corrected chi connectivity index (χ2v) is 6.81. The molecule has 4 heteroatoms. The number of fused-ring (bicyclic) bond motifs is 1. The fourth-order valence-electron chi connectivity index (χ4n) is 3.42. The van der Waals surface area contributed by atoms with Crippen LogP contribution in [-0.2, 0) is 13.0 Å². The first-order chi connectivity index (χ1) is 12.7. The van der Waals surface area contributed by atoms with Crippen LogP contribution in [0.5, 0.6) is 5.75 Å². The molecule has 1 atom stereocenters. The van der Waals surface area contributed by atoms with Crippen molar-refractivity contribution in [3.05, 3.63) is 99.8 Å². The van der Waals surface area contributed by atoms with Crippen LogP contribution in [0.1, 0.15) is 28.3 Å². The first kappa shape index (κ1) is 17.1. The van der Waals surface area contributed by atoms with Crippen LogP contribution in [0.2, 0.25) is 5.02 Å². The molecule has 0 bridgehead atoms. The average molecular weight is 368 g/mol. The lowest BCUT2D eigenvalue weighted by Crippen LogP contribution is -2.31. The van der Waals surface area contributed by atoms with E-state index in [2.05, 4.69) is 11.4 Å². The zero-order valence-electron chi connectivity index (χ0n) is 14.2. The van der Waals surface area contributed by atoms with E-state index >= 15 is 0 Å². The highest BCUT2D eigenvalue weighted by Gasteiger charge is 2.26. The average Bonchev–Trinajstić information content (AvgIpc) is 2.67. The lowest BCUT2D eigenvalue weighted by molar-refractivity contribution is 0.305. The van der Waals surface area contributed by atoms with Crippen molar-refractivity contribution in [1.82, 2.24) is 5.32 Å². The molecule has 0 spiro atoms. The minimum Gasteiger partial charge on any atom is -0.489 e. The Morgan fingerprint density at radius 2 is 1.88 bits per heavy atom. The number of ether oxygens (including phenoxy) is 1. The smallest absolute Gasteiger partial charge is 0.129 e. The zero-order chi connectivity index (χ0) is 17.9. The summed E-state index contributed by atoms with van der Waals surface area (Å²) in [5.74, 6) is 0.542. The van der Waals surface area contributed by atoms with Crippen molar-refractivity contribution in [3.63, 3.8) is 0 Å². The monoisotopic (exact) mass is 367 g/mol. The Labute approximate surface area is 157 Å². The number of halogens is 2. The Kier molecular flexibility index (Phi) is 4.91. The van der Waals surface area contributed by atoms with E-state index in [1.54, 1.807) is 12.1 Å². The van der Waals surface area contributed by atoms with Gasteiger partial charge in [0.15, 0.2) is 0 Å². The van der Waals surface area contributed by atoms with Crippen LogP contribution in [0.4, 0.5) is 4.39 Å². The molecule has 0 saturated heterocycles. The van der Waals surface area contributed by atoms with Gasteiger partial charge in [-0.2, -0.15) is 0 Å². The molecule has 1 N–H and O–H groups in total. The van der Waals surface area contributed by atoms with Crippen molar-refractivity contribution in [2.45, 2.75) is 19.1 Å². The molecule has 0 saturated carbocycles. The lowest BCUT2D eigenvalue weighted by Gasteiger charge is -2.28. The molecule has 1 aliphatic heterocycles. The van der Waals surface area contributed by atoms with E-state index in [1.165, 1.54) is 11.6 Å². The number of nitrogens with one attached hydrogen (secondary N) is 1. The van der Waals surface area contributed by atoms with Gasteiger partial charge in [0, 0.05) is 17.1 Å². The molecular weight excluding hydrogens is 349 g/mol. The van der Waals surface area contributed by atoms with Crippen molar-refractivity contribution >= 4 is 11.6 Å². The van der Waals surface area contributed by atoms with E-state index in [-0.39, 0.29) is 11.9 Å². The molecule has 0 amide bonds. The topological polar surface area (TPSA) is 21.3 Å². The first-order valence-electron chi connectivity index (χ1n) is 8.69. The summed E-state index contributed by atoms with van der Waals surface area (Å²) in [6.07, 6.45) is 0.875. The number of benzene rings is 3. The van der Waals surface area contributed by atoms with E-state index in [0.29, 0.717) is 17.2 Å². The van der Waals surface area contributed by atoms with Gasteiger partial charge >= 0.3 is 0 Å². The van der Waals surface area contributed by atoms with E-state index in [0.717, 1.165) is 29.8 Å².